The van der Waals surface area contributed by atoms with Gasteiger partial charge in [0.2, 0.25) is 5.91 Å². The predicted molar refractivity (Wildman–Crippen MR) is 91.8 cm³/mol. The zero-order chi connectivity index (χ0) is 17.2. The number of rotatable bonds is 4. The molecule has 0 spiro atoms. The van der Waals surface area contributed by atoms with Gasteiger partial charge in [-0.3, -0.25) is 9.52 Å². The SMILES string of the molecule is CC(=O)Nc1ccc(NS(=O)(=O)c2ccc3c(c2)CCCO3)cc1. The quantitative estimate of drug-likeness (QED) is 0.891. The van der Waals surface area contributed by atoms with Crippen LogP contribution < -0.4 is 14.8 Å². The number of fused-ring (bicyclic) bond motifs is 1. The van der Waals surface area contributed by atoms with Gasteiger partial charge >= 0.3 is 0 Å². The minimum Gasteiger partial charge on any atom is -0.493 e. The average molecular weight is 346 g/mol. The van der Waals surface area contributed by atoms with Gasteiger partial charge in [-0.15, -0.1) is 0 Å². The monoisotopic (exact) mass is 346 g/mol. The molecule has 6 nitrogen and oxygen atoms in total. The zero-order valence-electron chi connectivity index (χ0n) is 13.2. The highest BCUT2D eigenvalue weighted by Gasteiger charge is 2.18. The van der Waals surface area contributed by atoms with Crippen LogP contribution in [0.1, 0.15) is 18.9 Å². The number of sulfonamides is 1. The fourth-order valence-electron chi connectivity index (χ4n) is 2.54. The van der Waals surface area contributed by atoms with E-state index in [4.69, 9.17) is 4.74 Å². The topological polar surface area (TPSA) is 84.5 Å². The van der Waals surface area contributed by atoms with Crippen molar-refractivity contribution < 1.29 is 17.9 Å². The van der Waals surface area contributed by atoms with Crippen molar-refractivity contribution in [1.29, 1.82) is 0 Å². The molecule has 0 radical (unpaired) electrons. The highest BCUT2D eigenvalue weighted by Crippen LogP contribution is 2.28. The maximum Gasteiger partial charge on any atom is 0.261 e. The van der Waals surface area contributed by atoms with E-state index >= 15 is 0 Å². The molecule has 3 rings (SSSR count). The van der Waals surface area contributed by atoms with Crippen LogP contribution in [-0.4, -0.2) is 20.9 Å². The number of carbonyl (C=O) groups is 1. The summed E-state index contributed by atoms with van der Waals surface area (Å²) in [6.45, 7) is 2.08. The summed E-state index contributed by atoms with van der Waals surface area (Å²) in [7, 11) is -3.68. The van der Waals surface area contributed by atoms with Gasteiger partial charge in [0.25, 0.3) is 10.0 Å². The molecular formula is C17H18N2O4S. The standard InChI is InChI=1S/C17H18N2O4S/c1-12(20)18-14-4-6-15(7-5-14)19-24(21,22)16-8-9-17-13(11-16)3-2-10-23-17/h4-9,11,19H,2-3,10H2,1H3,(H,18,20). The number of hydrogen-bond acceptors (Lipinski definition) is 4. The van der Waals surface area contributed by atoms with Crippen LogP contribution in [0.2, 0.25) is 0 Å². The minimum atomic E-state index is -3.68. The van der Waals surface area contributed by atoms with Gasteiger partial charge in [0.1, 0.15) is 5.75 Å². The number of anilines is 2. The second kappa shape index (κ2) is 6.52. The Hall–Kier alpha value is -2.54. The number of nitrogens with one attached hydrogen (secondary N) is 2. The number of aryl methyl sites for hydroxylation is 1. The van der Waals surface area contributed by atoms with Crippen molar-refractivity contribution in [3.8, 4) is 5.75 Å². The van der Waals surface area contributed by atoms with Gasteiger partial charge in [0, 0.05) is 18.3 Å². The molecule has 1 amide bonds. The van der Waals surface area contributed by atoms with E-state index in [0.717, 1.165) is 24.2 Å². The Morgan fingerprint density at radius 2 is 1.79 bits per heavy atom. The number of ether oxygens (including phenoxy) is 1. The Bertz CT molecular complexity index is 861. The van der Waals surface area contributed by atoms with Crippen LogP contribution in [0.4, 0.5) is 11.4 Å². The number of benzene rings is 2. The lowest BCUT2D eigenvalue weighted by atomic mass is 10.1. The van der Waals surface area contributed by atoms with E-state index in [1.165, 1.54) is 13.0 Å². The maximum absolute atomic E-state index is 12.5. The molecule has 0 atom stereocenters. The third-order valence-corrected chi connectivity index (χ3v) is 5.03. The molecule has 0 aromatic heterocycles. The molecule has 0 bridgehead atoms. The summed E-state index contributed by atoms with van der Waals surface area (Å²) in [6.07, 6.45) is 1.69. The van der Waals surface area contributed by atoms with Crippen LogP contribution in [0.3, 0.4) is 0 Å². The van der Waals surface area contributed by atoms with Gasteiger partial charge in [-0.2, -0.15) is 0 Å². The van der Waals surface area contributed by atoms with Crippen LogP contribution in [0, 0.1) is 0 Å². The van der Waals surface area contributed by atoms with E-state index in [-0.39, 0.29) is 10.8 Å². The molecule has 126 valence electrons. The highest BCUT2D eigenvalue weighted by atomic mass is 32.2. The van der Waals surface area contributed by atoms with Gasteiger partial charge in [-0.05, 0) is 60.9 Å². The van der Waals surface area contributed by atoms with E-state index in [9.17, 15) is 13.2 Å². The van der Waals surface area contributed by atoms with Crippen LogP contribution in [0.15, 0.2) is 47.4 Å². The lowest BCUT2D eigenvalue weighted by Crippen LogP contribution is -2.15. The van der Waals surface area contributed by atoms with E-state index in [1.807, 2.05) is 0 Å². The maximum atomic E-state index is 12.5. The molecule has 1 heterocycles. The van der Waals surface area contributed by atoms with Crippen molar-refractivity contribution in [2.45, 2.75) is 24.7 Å². The first kappa shape index (κ1) is 16.3. The average Bonchev–Trinajstić information content (AvgIpc) is 2.55. The van der Waals surface area contributed by atoms with Crippen LogP contribution in [0.5, 0.6) is 5.75 Å². The van der Waals surface area contributed by atoms with Crippen molar-refractivity contribution in [3.63, 3.8) is 0 Å². The molecular weight excluding hydrogens is 328 g/mol. The third kappa shape index (κ3) is 3.68. The molecule has 1 aliphatic rings. The van der Waals surface area contributed by atoms with E-state index in [0.29, 0.717) is 18.0 Å². The first-order valence-corrected chi connectivity index (χ1v) is 9.08. The number of carbonyl (C=O) groups excluding carboxylic acids is 1. The summed E-state index contributed by atoms with van der Waals surface area (Å²) in [5.41, 5.74) is 1.94. The van der Waals surface area contributed by atoms with Gasteiger partial charge < -0.3 is 10.1 Å². The van der Waals surface area contributed by atoms with Crippen molar-refractivity contribution in [2.75, 3.05) is 16.6 Å². The van der Waals surface area contributed by atoms with Crippen LogP contribution in [0.25, 0.3) is 0 Å². The lowest BCUT2D eigenvalue weighted by molar-refractivity contribution is -0.114. The second-order valence-corrected chi connectivity index (χ2v) is 7.27. The van der Waals surface area contributed by atoms with E-state index in [1.54, 1.807) is 36.4 Å². The molecule has 7 heteroatoms. The molecule has 0 unspecified atom stereocenters. The van der Waals surface area contributed by atoms with Gasteiger partial charge in [-0.25, -0.2) is 8.42 Å². The summed E-state index contributed by atoms with van der Waals surface area (Å²) < 4.78 is 33.1. The van der Waals surface area contributed by atoms with Crippen molar-refractivity contribution in [1.82, 2.24) is 0 Å². The molecule has 0 fully saturated rings. The third-order valence-electron chi connectivity index (χ3n) is 3.65. The molecule has 0 saturated heterocycles. The Morgan fingerprint density at radius 3 is 2.50 bits per heavy atom. The van der Waals surface area contributed by atoms with Crippen LogP contribution in [-0.2, 0) is 21.2 Å². The molecule has 0 aliphatic carbocycles. The smallest absolute Gasteiger partial charge is 0.261 e. The number of hydrogen-bond donors (Lipinski definition) is 2. The van der Waals surface area contributed by atoms with Crippen LogP contribution >= 0.6 is 0 Å². The lowest BCUT2D eigenvalue weighted by Gasteiger charge is -2.18. The summed E-state index contributed by atoms with van der Waals surface area (Å²) in [5.74, 6) is 0.569. The molecule has 2 aromatic carbocycles. The first-order chi connectivity index (χ1) is 11.4. The Kier molecular flexibility index (Phi) is 4.44. The Balaban J connectivity index is 1.79. The number of amides is 1. The van der Waals surface area contributed by atoms with Crippen molar-refractivity contribution in [2.24, 2.45) is 0 Å². The van der Waals surface area contributed by atoms with Gasteiger partial charge in [0.05, 0.1) is 11.5 Å². The molecule has 0 saturated carbocycles. The van der Waals surface area contributed by atoms with E-state index < -0.39 is 10.0 Å². The van der Waals surface area contributed by atoms with Gasteiger partial charge in [-0.1, -0.05) is 0 Å². The minimum absolute atomic E-state index is 0.181. The fourth-order valence-corrected chi connectivity index (χ4v) is 3.65. The summed E-state index contributed by atoms with van der Waals surface area (Å²) in [6, 6.07) is 11.4. The highest BCUT2D eigenvalue weighted by molar-refractivity contribution is 7.92. The second-order valence-electron chi connectivity index (χ2n) is 5.59. The predicted octanol–water partition coefficient (Wildman–Crippen LogP) is 2.77. The summed E-state index contributed by atoms with van der Waals surface area (Å²) >= 11 is 0. The summed E-state index contributed by atoms with van der Waals surface area (Å²) in [4.78, 5) is 11.2. The largest absolute Gasteiger partial charge is 0.493 e. The molecule has 2 N–H and O–H groups in total. The zero-order valence-corrected chi connectivity index (χ0v) is 14.0. The fraction of sp³-hybridized carbons (Fsp3) is 0.235. The molecule has 1 aliphatic heterocycles. The molecule has 2 aromatic rings. The first-order valence-electron chi connectivity index (χ1n) is 7.60. The Morgan fingerprint density at radius 1 is 1.08 bits per heavy atom. The Labute approximate surface area is 140 Å². The van der Waals surface area contributed by atoms with Crippen molar-refractivity contribution >= 4 is 27.3 Å². The summed E-state index contributed by atoms with van der Waals surface area (Å²) in [5, 5.41) is 2.63. The molecule has 24 heavy (non-hydrogen) atoms. The normalized spacial score (nSPS) is 13.5. The van der Waals surface area contributed by atoms with Crippen molar-refractivity contribution in [3.05, 3.63) is 48.0 Å². The van der Waals surface area contributed by atoms with E-state index in [2.05, 4.69) is 10.0 Å². The van der Waals surface area contributed by atoms with Gasteiger partial charge in [0.15, 0.2) is 0 Å².